The number of hydrogen-bond donors (Lipinski definition) is 3. The molecule has 0 bridgehead atoms. The fourth-order valence-electron chi connectivity index (χ4n) is 1.52. The number of benzene rings is 1. The third-order valence-corrected chi connectivity index (χ3v) is 2.46. The molecule has 11 nitrogen and oxygen atoms in total. The topological polar surface area (TPSA) is 156 Å². The molecule has 0 unspecified atom stereocenters. The highest BCUT2D eigenvalue weighted by Gasteiger charge is 2.19. The zero-order valence-electron chi connectivity index (χ0n) is 11.2. The molecule has 0 saturated heterocycles. The van der Waals surface area contributed by atoms with Gasteiger partial charge in [0.05, 0.1) is 24.4 Å². The molecule has 0 fully saturated rings. The lowest BCUT2D eigenvalue weighted by atomic mass is 10.2. The first-order valence-electron chi connectivity index (χ1n) is 5.77. The fourth-order valence-corrected chi connectivity index (χ4v) is 1.52. The minimum absolute atomic E-state index is 0.0633. The normalized spacial score (nSPS) is 10.6. The average molecular weight is 306 g/mol. The summed E-state index contributed by atoms with van der Waals surface area (Å²) < 4.78 is 4.85. The van der Waals surface area contributed by atoms with Crippen LogP contribution in [0.3, 0.4) is 0 Å². The first-order chi connectivity index (χ1) is 10.5. The van der Waals surface area contributed by atoms with E-state index in [9.17, 15) is 20.0 Å². The van der Waals surface area contributed by atoms with Gasteiger partial charge in [-0.1, -0.05) is 0 Å². The molecule has 3 N–H and O–H groups in total. The number of nitrogens with zero attached hydrogens (tertiary/aromatic N) is 4. The van der Waals surface area contributed by atoms with Gasteiger partial charge in [0.2, 0.25) is 5.75 Å². The Balaban J connectivity index is 2.25. The van der Waals surface area contributed by atoms with Crippen LogP contribution in [-0.2, 0) is 0 Å². The maximum absolute atomic E-state index is 10.9. The Morgan fingerprint density at radius 3 is 2.95 bits per heavy atom. The number of aromatic hydroxyl groups is 1. The standard InChI is InChI=1S/C11H10N6O5/c1-22-8-3-6(2-7(10(8)18)17(20)21)4-12-15-9-5-13-16-11(19)14-9/h2-5,18H,1H3,(H2,14,15,16,19)/b12-4-. The monoisotopic (exact) mass is 306 g/mol. The van der Waals surface area contributed by atoms with Gasteiger partial charge in [-0.15, -0.1) is 0 Å². The molecule has 0 aliphatic carbocycles. The van der Waals surface area contributed by atoms with E-state index in [1.165, 1.54) is 25.6 Å². The van der Waals surface area contributed by atoms with Crippen molar-refractivity contribution < 1.29 is 14.8 Å². The lowest BCUT2D eigenvalue weighted by Gasteiger charge is -2.05. The van der Waals surface area contributed by atoms with Crippen LogP contribution in [0.2, 0.25) is 0 Å². The number of nitro groups is 1. The zero-order chi connectivity index (χ0) is 16.1. The number of phenolic OH excluding ortho intramolecular Hbond substituents is 1. The van der Waals surface area contributed by atoms with Gasteiger partial charge in [-0.25, -0.2) is 9.89 Å². The quantitative estimate of drug-likeness (QED) is 0.402. The SMILES string of the molecule is COc1cc(/C=N\Nc2cn[nH]c(=O)n2)cc([N+](=O)[O-])c1O. The Morgan fingerprint density at radius 2 is 2.32 bits per heavy atom. The van der Waals surface area contributed by atoms with Gasteiger partial charge in [0, 0.05) is 11.6 Å². The molecule has 0 atom stereocenters. The van der Waals surface area contributed by atoms with Crippen molar-refractivity contribution in [3.8, 4) is 11.5 Å². The van der Waals surface area contributed by atoms with E-state index in [4.69, 9.17) is 4.74 Å². The van der Waals surface area contributed by atoms with Gasteiger partial charge in [0.25, 0.3) is 0 Å². The highest BCUT2D eigenvalue weighted by atomic mass is 16.6. The molecule has 0 amide bonds. The molecule has 2 rings (SSSR count). The van der Waals surface area contributed by atoms with E-state index in [1.54, 1.807) is 0 Å². The van der Waals surface area contributed by atoms with Crippen molar-refractivity contribution in [1.29, 1.82) is 0 Å². The van der Waals surface area contributed by atoms with Crippen molar-refractivity contribution in [1.82, 2.24) is 15.2 Å². The molecule has 0 radical (unpaired) electrons. The number of aromatic amines is 1. The van der Waals surface area contributed by atoms with Crippen LogP contribution in [-0.4, -0.2) is 38.5 Å². The first kappa shape index (κ1) is 14.9. The van der Waals surface area contributed by atoms with Crippen molar-refractivity contribution >= 4 is 17.7 Å². The number of methoxy groups -OCH3 is 1. The maximum Gasteiger partial charge on any atom is 0.363 e. The molecular formula is C11H10N6O5. The predicted octanol–water partition coefficient (Wildman–Crippen LogP) is 0.233. The number of anilines is 1. The molecule has 2 aromatic rings. The predicted molar refractivity (Wildman–Crippen MR) is 75.2 cm³/mol. The Labute approximate surface area is 122 Å². The van der Waals surface area contributed by atoms with Crippen molar-refractivity contribution in [3.05, 3.63) is 44.5 Å². The molecule has 11 heteroatoms. The second kappa shape index (κ2) is 6.30. The largest absolute Gasteiger partial charge is 0.500 e. The summed E-state index contributed by atoms with van der Waals surface area (Å²) in [5.74, 6) is -0.537. The number of nitro benzene ring substituents is 1. The van der Waals surface area contributed by atoms with Crippen LogP contribution in [0.1, 0.15) is 5.56 Å². The van der Waals surface area contributed by atoms with E-state index < -0.39 is 22.0 Å². The number of ether oxygens (including phenoxy) is 1. The van der Waals surface area contributed by atoms with Crippen LogP contribution >= 0.6 is 0 Å². The van der Waals surface area contributed by atoms with E-state index in [0.29, 0.717) is 5.56 Å². The Bertz CT molecular complexity index is 787. The lowest BCUT2D eigenvalue weighted by molar-refractivity contribution is -0.386. The summed E-state index contributed by atoms with van der Waals surface area (Å²) in [7, 11) is 1.27. The van der Waals surface area contributed by atoms with Gasteiger partial charge in [-0.2, -0.15) is 15.2 Å². The van der Waals surface area contributed by atoms with Crippen molar-refractivity contribution in [3.63, 3.8) is 0 Å². The molecule has 0 aliphatic heterocycles. The van der Waals surface area contributed by atoms with Crippen LogP contribution in [0, 0.1) is 10.1 Å². The number of phenols is 1. The van der Waals surface area contributed by atoms with Crippen LogP contribution in [0.4, 0.5) is 11.5 Å². The minimum Gasteiger partial charge on any atom is -0.500 e. The fraction of sp³-hybridized carbons (Fsp3) is 0.0909. The summed E-state index contributed by atoms with van der Waals surface area (Å²) in [4.78, 5) is 24.6. The van der Waals surface area contributed by atoms with E-state index >= 15 is 0 Å². The van der Waals surface area contributed by atoms with Crippen LogP contribution in [0.15, 0.2) is 28.2 Å². The Hall–Kier alpha value is -3.50. The van der Waals surface area contributed by atoms with Crippen LogP contribution in [0.5, 0.6) is 11.5 Å². The number of hydrazone groups is 1. The van der Waals surface area contributed by atoms with Gasteiger partial charge in [0.15, 0.2) is 11.6 Å². The summed E-state index contributed by atoms with van der Waals surface area (Å²) in [6.07, 6.45) is 2.47. The van der Waals surface area contributed by atoms with E-state index in [-0.39, 0.29) is 11.6 Å². The van der Waals surface area contributed by atoms with Crippen molar-refractivity contribution in [2.24, 2.45) is 5.10 Å². The first-order valence-corrected chi connectivity index (χ1v) is 5.77. The molecule has 1 heterocycles. The number of nitrogens with one attached hydrogen (secondary N) is 2. The molecule has 1 aromatic carbocycles. The number of hydrogen-bond acceptors (Lipinski definition) is 9. The minimum atomic E-state index is -0.745. The number of rotatable bonds is 5. The molecule has 0 saturated carbocycles. The molecule has 22 heavy (non-hydrogen) atoms. The van der Waals surface area contributed by atoms with Crippen LogP contribution < -0.4 is 15.9 Å². The van der Waals surface area contributed by atoms with E-state index in [1.807, 2.05) is 0 Å². The smallest absolute Gasteiger partial charge is 0.363 e. The van der Waals surface area contributed by atoms with Gasteiger partial charge < -0.3 is 9.84 Å². The van der Waals surface area contributed by atoms with Gasteiger partial charge in [-0.3, -0.25) is 15.5 Å². The third kappa shape index (κ3) is 3.33. The molecule has 1 aromatic heterocycles. The van der Waals surface area contributed by atoms with Gasteiger partial charge >= 0.3 is 11.4 Å². The van der Waals surface area contributed by atoms with Crippen molar-refractivity contribution in [2.75, 3.05) is 12.5 Å². The molecule has 114 valence electrons. The molecule has 0 aliphatic rings. The highest BCUT2D eigenvalue weighted by molar-refractivity contribution is 5.83. The number of aromatic nitrogens is 3. The summed E-state index contributed by atoms with van der Waals surface area (Å²) >= 11 is 0. The summed E-state index contributed by atoms with van der Waals surface area (Å²) in [6.45, 7) is 0. The summed E-state index contributed by atoms with van der Waals surface area (Å²) in [6, 6.07) is 2.48. The Kier molecular flexibility index (Phi) is 4.27. The van der Waals surface area contributed by atoms with Crippen molar-refractivity contribution in [2.45, 2.75) is 0 Å². The second-order valence-electron chi connectivity index (χ2n) is 3.89. The van der Waals surface area contributed by atoms with E-state index in [0.717, 1.165) is 6.07 Å². The number of H-pyrrole nitrogens is 1. The third-order valence-electron chi connectivity index (χ3n) is 2.46. The molecule has 0 spiro atoms. The average Bonchev–Trinajstić information content (AvgIpc) is 2.48. The summed E-state index contributed by atoms with van der Waals surface area (Å²) in [5, 5.41) is 29.9. The zero-order valence-corrected chi connectivity index (χ0v) is 11.2. The Morgan fingerprint density at radius 1 is 1.55 bits per heavy atom. The van der Waals surface area contributed by atoms with Crippen LogP contribution in [0.25, 0.3) is 0 Å². The van der Waals surface area contributed by atoms with Gasteiger partial charge in [0.1, 0.15) is 0 Å². The molecular weight excluding hydrogens is 296 g/mol. The maximum atomic E-state index is 10.9. The van der Waals surface area contributed by atoms with Gasteiger partial charge in [-0.05, 0) is 6.07 Å². The van der Waals surface area contributed by atoms with E-state index in [2.05, 4.69) is 25.7 Å². The lowest BCUT2D eigenvalue weighted by Crippen LogP contribution is -2.13. The second-order valence-corrected chi connectivity index (χ2v) is 3.89. The summed E-state index contributed by atoms with van der Waals surface area (Å²) in [5.41, 5.74) is 1.57. The highest BCUT2D eigenvalue weighted by Crippen LogP contribution is 2.36.